The summed E-state index contributed by atoms with van der Waals surface area (Å²) < 4.78 is 17.7. The van der Waals surface area contributed by atoms with E-state index < -0.39 is 18.5 Å². The van der Waals surface area contributed by atoms with Gasteiger partial charge in [0.15, 0.2) is 18.1 Å². The predicted octanol–water partition coefficient (Wildman–Crippen LogP) is 1.60. The molecule has 0 radical (unpaired) electrons. The lowest BCUT2D eigenvalue weighted by Crippen LogP contribution is -2.23. The van der Waals surface area contributed by atoms with Gasteiger partial charge in [-0.25, -0.2) is 4.79 Å². The number of para-hydroxylation sites is 1. The molecule has 1 N–H and O–H groups in total. The van der Waals surface area contributed by atoms with Crippen molar-refractivity contribution >= 4 is 17.6 Å². The molecule has 8 nitrogen and oxygen atoms in total. The molecule has 0 fully saturated rings. The smallest absolute Gasteiger partial charge is 0.342 e. The fourth-order valence-electron chi connectivity index (χ4n) is 2.57. The molecule has 25 heavy (non-hydrogen) atoms. The highest BCUT2D eigenvalue weighted by Crippen LogP contribution is 2.33. The molecule has 0 aliphatic carbocycles. The molecule has 132 valence electrons. The lowest BCUT2D eigenvalue weighted by molar-refractivity contribution is -0.119. The molecule has 8 heteroatoms. The Labute approximate surface area is 144 Å². The minimum atomic E-state index is -0.642. The second kappa shape index (κ2) is 6.84. The van der Waals surface area contributed by atoms with Gasteiger partial charge in [-0.3, -0.25) is 9.48 Å². The number of nitrogens with zero attached hydrogens (tertiary/aromatic N) is 2. The maximum absolute atomic E-state index is 12.3. The van der Waals surface area contributed by atoms with E-state index in [2.05, 4.69) is 10.4 Å². The van der Waals surface area contributed by atoms with E-state index in [-0.39, 0.29) is 5.56 Å². The van der Waals surface area contributed by atoms with Crippen molar-refractivity contribution in [2.45, 2.75) is 13.8 Å². The molecule has 0 spiro atoms. The van der Waals surface area contributed by atoms with E-state index in [0.717, 1.165) is 5.69 Å². The Hall–Kier alpha value is -3.03. The minimum absolute atomic E-state index is 0.235. The summed E-state index contributed by atoms with van der Waals surface area (Å²) in [4.78, 5) is 24.3. The Kier molecular flexibility index (Phi) is 4.60. The van der Waals surface area contributed by atoms with Gasteiger partial charge < -0.3 is 19.5 Å². The van der Waals surface area contributed by atoms with Gasteiger partial charge in [0.2, 0.25) is 0 Å². The van der Waals surface area contributed by atoms with E-state index in [9.17, 15) is 9.59 Å². The molecule has 1 aromatic heterocycles. The number of hydrogen-bond acceptors (Lipinski definition) is 6. The molecular formula is C17H19N3O5. The van der Waals surface area contributed by atoms with E-state index >= 15 is 0 Å². The number of carbonyl (C=O) groups is 2. The second-order valence-electron chi connectivity index (χ2n) is 5.62. The van der Waals surface area contributed by atoms with Crippen LogP contribution in [-0.4, -0.2) is 41.5 Å². The average Bonchev–Trinajstić information content (AvgIpc) is 2.85. The number of nitrogens with one attached hydrogen (secondary N) is 1. The van der Waals surface area contributed by atoms with E-state index in [4.69, 9.17) is 14.2 Å². The number of carbonyl (C=O) groups excluding carboxylic acids is 2. The Balaban J connectivity index is 1.64. The first kappa shape index (κ1) is 16.8. The number of aromatic nitrogens is 2. The van der Waals surface area contributed by atoms with Crippen molar-refractivity contribution < 1.29 is 23.8 Å². The van der Waals surface area contributed by atoms with Gasteiger partial charge in [0, 0.05) is 7.05 Å². The number of rotatable bonds is 4. The summed E-state index contributed by atoms with van der Waals surface area (Å²) in [6, 6.07) is 4.96. The summed E-state index contributed by atoms with van der Waals surface area (Å²) in [5, 5.41) is 6.93. The van der Waals surface area contributed by atoms with Crippen LogP contribution in [0.4, 0.5) is 5.69 Å². The molecule has 0 unspecified atom stereocenters. The fraction of sp³-hybridized carbons (Fsp3) is 0.353. The summed E-state index contributed by atoms with van der Waals surface area (Å²) in [6.07, 6.45) is 0. The van der Waals surface area contributed by atoms with Crippen LogP contribution in [0, 0.1) is 13.8 Å². The predicted molar refractivity (Wildman–Crippen MR) is 89.0 cm³/mol. The monoisotopic (exact) mass is 345 g/mol. The fourth-order valence-corrected chi connectivity index (χ4v) is 2.57. The third kappa shape index (κ3) is 3.42. The van der Waals surface area contributed by atoms with Gasteiger partial charge >= 0.3 is 5.97 Å². The van der Waals surface area contributed by atoms with Gasteiger partial charge in [-0.2, -0.15) is 5.10 Å². The molecule has 1 aliphatic heterocycles. The highest BCUT2D eigenvalue weighted by molar-refractivity contribution is 5.97. The van der Waals surface area contributed by atoms with E-state index in [1.807, 2.05) is 6.92 Å². The van der Waals surface area contributed by atoms with Gasteiger partial charge in [-0.15, -0.1) is 0 Å². The number of aryl methyl sites for hydroxylation is 2. The number of hydrogen-bond donors (Lipinski definition) is 1. The average molecular weight is 345 g/mol. The molecule has 2 heterocycles. The standard InChI is InChI=1S/C17H19N3O5/c1-10-15(11(2)20(3)19-10)18-14(21)9-25-17(22)12-5-4-6-13-16(12)24-8-7-23-13/h4-6H,7-9H2,1-3H3,(H,18,21). The Morgan fingerprint density at radius 3 is 2.76 bits per heavy atom. The van der Waals surface area contributed by atoms with Crippen LogP contribution < -0.4 is 14.8 Å². The lowest BCUT2D eigenvalue weighted by atomic mass is 10.2. The number of anilines is 1. The van der Waals surface area contributed by atoms with Crippen molar-refractivity contribution in [3.05, 3.63) is 35.2 Å². The van der Waals surface area contributed by atoms with Crippen LogP contribution in [0.25, 0.3) is 0 Å². The number of benzene rings is 1. The topological polar surface area (TPSA) is 91.7 Å². The third-order valence-electron chi connectivity index (χ3n) is 3.89. The summed E-state index contributed by atoms with van der Waals surface area (Å²) in [5.74, 6) is -0.239. The molecule has 1 aromatic carbocycles. The highest BCUT2D eigenvalue weighted by Gasteiger charge is 2.22. The van der Waals surface area contributed by atoms with Gasteiger partial charge in [-0.1, -0.05) is 6.07 Å². The zero-order chi connectivity index (χ0) is 18.0. The largest absolute Gasteiger partial charge is 0.486 e. The molecular weight excluding hydrogens is 326 g/mol. The van der Waals surface area contributed by atoms with Crippen LogP contribution in [0.2, 0.25) is 0 Å². The zero-order valence-electron chi connectivity index (χ0n) is 14.3. The maximum atomic E-state index is 12.3. The third-order valence-corrected chi connectivity index (χ3v) is 3.89. The van der Waals surface area contributed by atoms with Crippen LogP contribution in [-0.2, 0) is 16.6 Å². The van der Waals surface area contributed by atoms with Gasteiger partial charge in [0.25, 0.3) is 5.91 Å². The van der Waals surface area contributed by atoms with E-state index in [1.165, 1.54) is 0 Å². The molecule has 2 aromatic rings. The van der Waals surface area contributed by atoms with Crippen molar-refractivity contribution in [3.63, 3.8) is 0 Å². The SMILES string of the molecule is Cc1nn(C)c(C)c1NC(=O)COC(=O)c1cccc2c1OCCO2. The van der Waals surface area contributed by atoms with Crippen LogP contribution >= 0.6 is 0 Å². The molecule has 0 atom stereocenters. The van der Waals surface area contributed by atoms with Crippen LogP contribution in [0.5, 0.6) is 11.5 Å². The Morgan fingerprint density at radius 1 is 1.28 bits per heavy atom. The van der Waals surface area contributed by atoms with Crippen LogP contribution in [0.15, 0.2) is 18.2 Å². The Morgan fingerprint density at radius 2 is 2.04 bits per heavy atom. The second-order valence-corrected chi connectivity index (χ2v) is 5.62. The lowest BCUT2D eigenvalue weighted by Gasteiger charge is -2.20. The molecule has 0 bridgehead atoms. The zero-order valence-corrected chi connectivity index (χ0v) is 14.3. The first-order valence-corrected chi connectivity index (χ1v) is 7.83. The van der Waals surface area contributed by atoms with E-state index in [0.29, 0.717) is 36.1 Å². The molecule has 3 rings (SSSR count). The van der Waals surface area contributed by atoms with Crippen LogP contribution in [0.1, 0.15) is 21.7 Å². The van der Waals surface area contributed by atoms with Crippen molar-refractivity contribution in [3.8, 4) is 11.5 Å². The van der Waals surface area contributed by atoms with Gasteiger partial charge in [0.05, 0.1) is 17.1 Å². The van der Waals surface area contributed by atoms with Crippen molar-refractivity contribution in [1.29, 1.82) is 0 Å². The Bertz CT molecular complexity index is 828. The summed E-state index contributed by atoms with van der Waals surface area (Å²) in [5.41, 5.74) is 2.37. The molecule has 0 saturated carbocycles. The number of esters is 1. The first-order chi connectivity index (χ1) is 12.0. The summed E-state index contributed by atoms with van der Waals surface area (Å²) in [6.45, 7) is 4.02. The first-order valence-electron chi connectivity index (χ1n) is 7.83. The van der Waals surface area contributed by atoms with Crippen molar-refractivity contribution in [2.75, 3.05) is 25.1 Å². The number of amides is 1. The van der Waals surface area contributed by atoms with E-state index in [1.54, 1.807) is 36.9 Å². The molecule has 1 aliphatic rings. The molecule has 0 saturated heterocycles. The van der Waals surface area contributed by atoms with Gasteiger partial charge in [-0.05, 0) is 26.0 Å². The quantitative estimate of drug-likeness (QED) is 0.847. The van der Waals surface area contributed by atoms with Crippen LogP contribution in [0.3, 0.4) is 0 Å². The normalized spacial score (nSPS) is 12.6. The summed E-state index contributed by atoms with van der Waals surface area (Å²) in [7, 11) is 1.79. The minimum Gasteiger partial charge on any atom is -0.486 e. The van der Waals surface area contributed by atoms with Crippen molar-refractivity contribution in [1.82, 2.24) is 9.78 Å². The molecule has 1 amide bonds. The maximum Gasteiger partial charge on any atom is 0.342 e. The van der Waals surface area contributed by atoms with Gasteiger partial charge in [0.1, 0.15) is 18.8 Å². The number of ether oxygens (including phenoxy) is 3. The highest BCUT2D eigenvalue weighted by atomic mass is 16.6. The van der Waals surface area contributed by atoms with Crippen molar-refractivity contribution in [2.24, 2.45) is 7.05 Å². The summed E-state index contributed by atoms with van der Waals surface area (Å²) >= 11 is 0. The number of fused-ring (bicyclic) bond motifs is 1.